The van der Waals surface area contributed by atoms with Gasteiger partial charge in [-0.3, -0.25) is 0 Å². The Hall–Kier alpha value is -3.37. The average molecular weight is 319 g/mol. The van der Waals surface area contributed by atoms with Gasteiger partial charge in [0.15, 0.2) is 0 Å². The summed E-state index contributed by atoms with van der Waals surface area (Å²) < 4.78 is 0. The fraction of sp³-hybridized carbons (Fsp3) is 0.0417. The van der Waals surface area contributed by atoms with Crippen molar-refractivity contribution in [2.75, 3.05) is 0 Å². The second-order valence-corrected chi connectivity index (χ2v) is 6.24. The van der Waals surface area contributed by atoms with Crippen molar-refractivity contribution < 1.29 is 0 Å². The van der Waals surface area contributed by atoms with Gasteiger partial charge in [-0.1, -0.05) is 72.8 Å². The molecule has 4 aromatic rings. The lowest BCUT2D eigenvalue weighted by atomic mass is 9.94. The van der Waals surface area contributed by atoms with E-state index in [1.54, 1.807) is 0 Å². The molecule has 1 heteroatoms. The van der Waals surface area contributed by atoms with E-state index in [1.165, 1.54) is 27.5 Å². The molecule has 0 unspecified atom stereocenters. The number of rotatable bonds is 2. The van der Waals surface area contributed by atoms with E-state index in [-0.39, 0.29) is 0 Å². The van der Waals surface area contributed by atoms with Crippen LogP contribution in [0.15, 0.2) is 84.9 Å². The summed E-state index contributed by atoms with van der Waals surface area (Å²) in [6.45, 7) is 2.15. The van der Waals surface area contributed by atoms with Crippen LogP contribution in [0.4, 0.5) is 0 Å². The van der Waals surface area contributed by atoms with Crippen molar-refractivity contribution in [1.82, 2.24) is 0 Å². The molecule has 0 aliphatic heterocycles. The van der Waals surface area contributed by atoms with Crippen LogP contribution in [0.25, 0.3) is 33.0 Å². The van der Waals surface area contributed by atoms with Crippen LogP contribution < -0.4 is 0 Å². The summed E-state index contributed by atoms with van der Waals surface area (Å²) in [5.74, 6) is 0. The quantitative estimate of drug-likeness (QED) is 0.422. The van der Waals surface area contributed by atoms with E-state index in [0.29, 0.717) is 5.56 Å². The maximum Gasteiger partial charge on any atom is 0.0991 e. The summed E-state index contributed by atoms with van der Waals surface area (Å²) in [7, 11) is 0. The first-order valence-corrected chi connectivity index (χ1v) is 8.35. The van der Waals surface area contributed by atoms with Gasteiger partial charge in [0.25, 0.3) is 0 Å². The summed E-state index contributed by atoms with van der Waals surface area (Å²) in [5, 5.41) is 11.5. The molecule has 0 saturated heterocycles. The van der Waals surface area contributed by atoms with Gasteiger partial charge >= 0.3 is 0 Å². The normalized spacial score (nSPS) is 10.6. The van der Waals surface area contributed by atoms with E-state index in [1.807, 2.05) is 24.3 Å². The van der Waals surface area contributed by atoms with Gasteiger partial charge in [-0.25, -0.2) is 0 Å². The molecule has 0 bridgehead atoms. The summed E-state index contributed by atoms with van der Waals surface area (Å²) in [6.07, 6.45) is 0. The monoisotopic (exact) mass is 319 g/mol. The molecule has 0 heterocycles. The Labute approximate surface area is 147 Å². The van der Waals surface area contributed by atoms with Crippen molar-refractivity contribution >= 4 is 10.8 Å². The van der Waals surface area contributed by atoms with E-state index >= 15 is 0 Å². The molecule has 0 fully saturated rings. The van der Waals surface area contributed by atoms with Crippen LogP contribution in [0, 0.1) is 18.3 Å². The molecule has 0 atom stereocenters. The minimum absolute atomic E-state index is 0.687. The molecule has 4 aromatic carbocycles. The maximum atomic E-state index is 8.92. The van der Waals surface area contributed by atoms with Crippen molar-refractivity contribution in [1.29, 1.82) is 5.26 Å². The third-order valence-electron chi connectivity index (χ3n) is 4.69. The Morgan fingerprint density at radius 2 is 1.16 bits per heavy atom. The van der Waals surface area contributed by atoms with Gasteiger partial charge in [-0.15, -0.1) is 0 Å². The van der Waals surface area contributed by atoms with E-state index in [2.05, 4.69) is 73.7 Å². The minimum Gasteiger partial charge on any atom is -0.192 e. The molecule has 0 aromatic heterocycles. The van der Waals surface area contributed by atoms with Crippen LogP contribution >= 0.6 is 0 Å². The Balaban J connectivity index is 1.76. The molecule has 118 valence electrons. The van der Waals surface area contributed by atoms with Crippen molar-refractivity contribution in [3.05, 3.63) is 96.1 Å². The largest absolute Gasteiger partial charge is 0.192 e. The SMILES string of the molecule is Cc1ccc(-c2ccc(-c3ccc(C#N)cc3)cc2)c2ccccc12. The number of hydrogen-bond donors (Lipinski definition) is 0. The lowest BCUT2D eigenvalue weighted by molar-refractivity contribution is 1.48. The molecular weight excluding hydrogens is 302 g/mol. The number of fused-ring (bicyclic) bond motifs is 1. The van der Waals surface area contributed by atoms with Crippen molar-refractivity contribution in [2.45, 2.75) is 6.92 Å². The van der Waals surface area contributed by atoms with Gasteiger partial charge in [0.1, 0.15) is 0 Å². The summed E-state index contributed by atoms with van der Waals surface area (Å²) in [5.41, 5.74) is 6.74. The fourth-order valence-corrected chi connectivity index (χ4v) is 3.28. The first-order valence-electron chi connectivity index (χ1n) is 8.35. The highest BCUT2D eigenvalue weighted by molar-refractivity contribution is 5.98. The van der Waals surface area contributed by atoms with Crippen LogP contribution in [-0.4, -0.2) is 0 Å². The molecule has 0 spiro atoms. The second kappa shape index (κ2) is 6.26. The molecule has 0 aliphatic carbocycles. The molecule has 0 aliphatic rings. The number of nitrogens with zero attached hydrogens (tertiary/aromatic N) is 1. The van der Waals surface area contributed by atoms with Gasteiger partial charge in [-0.2, -0.15) is 5.26 Å². The average Bonchev–Trinajstić information content (AvgIpc) is 2.69. The van der Waals surface area contributed by atoms with Crippen molar-refractivity contribution in [2.24, 2.45) is 0 Å². The zero-order valence-corrected chi connectivity index (χ0v) is 14.0. The molecule has 0 amide bonds. The Bertz CT molecular complexity index is 1080. The summed E-state index contributed by atoms with van der Waals surface area (Å²) >= 11 is 0. The summed E-state index contributed by atoms with van der Waals surface area (Å²) in [4.78, 5) is 0. The van der Waals surface area contributed by atoms with Crippen molar-refractivity contribution in [3.8, 4) is 28.3 Å². The number of aryl methyl sites for hydroxylation is 1. The van der Waals surface area contributed by atoms with E-state index in [4.69, 9.17) is 5.26 Å². The van der Waals surface area contributed by atoms with Gasteiger partial charge in [0.05, 0.1) is 11.6 Å². The highest BCUT2D eigenvalue weighted by atomic mass is 14.2. The zero-order chi connectivity index (χ0) is 17.2. The van der Waals surface area contributed by atoms with Crippen LogP contribution in [0.3, 0.4) is 0 Å². The maximum absolute atomic E-state index is 8.92. The predicted octanol–water partition coefficient (Wildman–Crippen LogP) is 6.35. The van der Waals surface area contributed by atoms with Crippen LogP contribution in [0.5, 0.6) is 0 Å². The Morgan fingerprint density at radius 3 is 1.80 bits per heavy atom. The molecule has 1 nitrogen and oxygen atoms in total. The third kappa shape index (κ3) is 2.79. The van der Waals surface area contributed by atoms with Gasteiger partial charge in [-0.05, 0) is 57.6 Å². The number of benzene rings is 4. The fourth-order valence-electron chi connectivity index (χ4n) is 3.28. The molecular formula is C24H17N. The summed E-state index contributed by atoms with van der Waals surface area (Å²) in [6, 6.07) is 31.4. The van der Waals surface area contributed by atoms with Crippen LogP contribution in [-0.2, 0) is 0 Å². The second-order valence-electron chi connectivity index (χ2n) is 6.24. The molecule has 25 heavy (non-hydrogen) atoms. The van der Waals surface area contributed by atoms with Crippen LogP contribution in [0.1, 0.15) is 11.1 Å². The molecule has 0 radical (unpaired) electrons. The first-order chi connectivity index (χ1) is 12.3. The third-order valence-corrected chi connectivity index (χ3v) is 4.69. The standard InChI is InChI=1S/C24H17N/c1-17-6-15-23(24-5-3-2-4-22(17)24)21-13-11-20(12-14-21)19-9-7-18(16-25)8-10-19/h2-15H,1H3. The lowest BCUT2D eigenvalue weighted by Gasteiger charge is -2.10. The van der Waals surface area contributed by atoms with Gasteiger partial charge in [0.2, 0.25) is 0 Å². The minimum atomic E-state index is 0.687. The Kier molecular flexibility index (Phi) is 3.80. The predicted molar refractivity (Wildman–Crippen MR) is 104 cm³/mol. The van der Waals surface area contributed by atoms with E-state index in [0.717, 1.165) is 11.1 Å². The van der Waals surface area contributed by atoms with Crippen molar-refractivity contribution in [3.63, 3.8) is 0 Å². The zero-order valence-electron chi connectivity index (χ0n) is 14.0. The highest BCUT2D eigenvalue weighted by Gasteiger charge is 2.06. The highest BCUT2D eigenvalue weighted by Crippen LogP contribution is 2.32. The number of nitriles is 1. The van der Waals surface area contributed by atoms with Gasteiger partial charge in [0, 0.05) is 0 Å². The molecule has 0 saturated carbocycles. The lowest BCUT2D eigenvalue weighted by Crippen LogP contribution is -1.85. The topological polar surface area (TPSA) is 23.8 Å². The van der Waals surface area contributed by atoms with E-state index in [9.17, 15) is 0 Å². The number of hydrogen-bond acceptors (Lipinski definition) is 1. The molecule has 0 N–H and O–H groups in total. The first kappa shape index (κ1) is 15.2. The van der Waals surface area contributed by atoms with E-state index < -0.39 is 0 Å². The molecule has 4 rings (SSSR count). The smallest absolute Gasteiger partial charge is 0.0991 e. The van der Waals surface area contributed by atoms with Gasteiger partial charge < -0.3 is 0 Å². The Morgan fingerprint density at radius 1 is 0.600 bits per heavy atom. The van der Waals surface area contributed by atoms with Crippen LogP contribution in [0.2, 0.25) is 0 Å².